The quantitative estimate of drug-likeness (QED) is 0.216. The Balaban J connectivity index is 1.17. The monoisotopic (exact) mass is 554 g/mol. The average Bonchev–Trinajstić information content (AvgIpc) is 3.71. The Hall–Kier alpha value is -5.08. The molecule has 9 rings (SSSR count). The predicted molar refractivity (Wildman–Crippen MR) is 179 cm³/mol. The molecule has 8 aromatic rings. The van der Waals surface area contributed by atoms with E-state index >= 15 is 0 Å². The summed E-state index contributed by atoms with van der Waals surface area (Å²) in [7, 11) is 0. The summed E-state index contributed by atoms with van der Waals surface area (Å²) in [6.45, 7) is 4.68. The van der Waals surface area contributed by atoms with Crippen LogP contribution in [0.2, 0.25) is 0 Å². The Kier molecular flexibility index (Phi) is 5.11. The summed E-state index contributed by atoms with van der Waals surface area (Å²) >= 11 is 0. The van der Waals surface area contributed by atoms with E-state index in [4.69, 9.17) is 8.83 Å². The van der Waals surface area contributed by atoms with Gasteiger partial charge in [-0.3, -0.25) is 0 Å². The Morgan fingerprint density at radius 2 is 0.814 bits per heavy atom. The molecule has 2 aromatic heterocycles. The minimum atomic E-state index is -0.0322. The van der Waals surface area contributed by atoms with Gasteiger partial charge in [0.25, 0.3) is 0 Å². The first-order chi connectivity index (χ1) is 21.2. The van der Waals surface area contributed by atoms with Crippen LogP contribution in [0, 0.1) is 0 Å². The molecule has 0 unspecified atom stereocenters. The minimum absolute atomic E-state index is 0.0322. The number of furan rings is 2. The molecule has 0 bridgehead atoms. The third-order valence-electron chi connectivity index (χ3n) is 9.99. The molecular weight excluding hydrogens is 524 g/mol. The molecule has 0 fully saturated rings. The number of hydrogen-bond acceptors (Lipinski definition) is 2. The molecule has 1 aliphatic carbocycles. The SMILES string of the molecule is CCC1(CC)c2cc(-c3ccc4oc5ccccc5c4c3)ccc2-c2ccc(-c3ccc4oc5ccccc5c4c3)cc21. The van der Waals surface area contributed by atoms with Gasteiger partial charge in [-0.15, -0.1) is 0 Å². The predicted octanol–water partition coefficient (Wildman–Crippen LogP) is 11.9. The highest BCUT2D eigenvalue weighted by atomic mass is 16.3. The van der Waals surface area contributed by atoms with E-state index in [0.717, 1.165) is 35.2 Å². The van der Waals surface area contributed by atoms with Gasteiger partial charge in [0.2, 0.25) is 0 Å². The second-order valence-electron chi connectivity index (χ2n) is 11.9. The molecule has 0 saturated heterocycles. The number of rotatable bonds is 4. The van der Waals surface area contributed by atoms with Crippen molar-refractivity contribution in [3.63, 3.8) is 0 Å². The van der Waals surface area contributed by atoms with Crippen molar-refractivity contribution in [1.29, 1.82) is 0 Å². The largest absolute Gasteiger partial charge is 0.456 e. The highest BCUT2D eigenvalue weighted by molar-refractivity contribution is 6.07. The molecule has 0 atom stereocenters. The standard InChI is InChI=1S/C41H30O2/c1-3-41(4-2)35-23-27(25-15-19-39-33(21-25)31-9-5-7-11-37(31)42-39)13-17-29(35)30-18-14-28(24-36(30)41)26-16-20-40-34(22-26)32-10-6-8-12-38(32)43-40/h5-24H,3-4H2,1-2H3. The third kappa shape index (κ3) is 3.41. The number of hydrogen-bond donors (Lipinski definition) is 0. The number of para-hydroxylation sites is 2. The maximum atomic E-state index is 6.11. The van der Waals surface area contributed by atoms with Crippen LogP contribution in [-0.2, 0) is 5.41 Å². The second-order valence-corrected chi connectivity index (χ2v) is 11.9. The molecule has 0 spiro atoms. The zero-order chi connectivity index (χ0) is 28.7. The first-order valence-electron chi connectivity index (χ1n) is 15.3. The summed E-state index contributed by atoms with van der Waals surface area (Å²) in [6.07, 6.45) is 2.10. The maximum absolute atomic E-state index is 6.11. The molecule has 0 radical (unpaired) electrons. The number of benzene rings is 6. The summed E-state index contributed by atoms with van der Waals surface area (Å²) in [6, 6.07) is 44.0. The van der Waals surface area contributed by atoms with Crippen LogP contribution in [0.3, 0.4) is 0 Å². The van der Waals surface area contributed by atoms with Crippen molar-refractivity contribution in [2.45, 2.75) is 32.1 Å². The maximum Gasteiger partial charge on any atom is 0.135 e. The fraction of sp³-hybridized carbons (Fsp3) is 0.122. The molecule has 0 saturated carbocycles. The van der Waals surface area contributed by atoms with Crippen molar-refractivity contribution in [3.05, 3.63) is 132 Å². The number of fused-ring (bicyclic) bond motifs is 9. The Morgan fingerprint density at radius 1 is 0.419 bits per heavy atom. The van der Waals surface area contributed by atoms with Crippen molar-refractivity contribution < 1.29 is 8.83 Å². The lowest BCUT2D eigenvalue weighted by Gasteiger charge is -2.30. The highest BCUT2D eigenvalue weighted by Gasteiger charge is 2.40. The van der Waals surface area contributed by atoms with Gasteiger partial charge in [0, 0.05) is 27.0 Å². The third-order valence-corrected chi connectivity index (χ3v) is 9.99. The highest BCUT2D eigenvalue weighted by Crippen LogP contribution is 2.54. The van der Waals surface area contributed by atoms with Gasteiger partial charge >= 0.3 is 0 Å². The van der Waals surface area contributed by atoms with Gasteiger partial charge in [0.05, 0.1) is 0 Å². The molecular formula is C41H30O2. The van der Waals surface area contributed by atoms with E-state index in [-0.39, 0.29) is 5.41 Å². The van der Waals surface area contributed by atoms with Crippen LogP contribution in [0.5, 0.6) is 0 Å². The van der Waals surface area contributed by atoms with E-state index in [0.29, 0.717) is 0 Å². The Morgan fingerprint density at radius 3 is 1.28 bits per heavy atom. The van der Waals surface area contributed by atoms with Gasteiger partial charge in [-0.05, 0) is 106 Å². The Bertz CT molecular complexity index is 2210. The molecule has 2 heterocycles. The van der Waals surface area contributed by atoms with Crippen LogP contribution < -0.4 is 0 Å². The van der Waals surface area contributed by atoms with Gasteiger partial charge in [-0.1, -0.05) is 86.6 Å². The molecule has 43 heavy (non-hydrogen) atoms. The van der Waals surface area contributed by atoms with E-state index in [9.17, 15) is 0 Å². The van der Waals surface area contributed by atoms with Crippen LogP contribution in [0.4, 0.5) is 0 Å². The van der Waals surface area contributed by atoms with E-state index < -0.39 is 0 Å². The van der Waals surface area contributed by atoms with Gasteiger partial charge in [-0.25, -0.2) is 0 Å². The molecule has 2 heteroatoms. The first-order valence-corrected chi connectivity index (χ1v) is 15.3. The molecule has 0 N–H and O–H groups in total. The van der Waals surface area contributed by atoms with E-state index in [1.165, 1.54) is 66.1 Å². The van der Waals surface area contributed by atoms with E-state index in [1.54, 1.807) is 0 Å². The summed E-state index contributed by atoms with van der Waals surface area (Å²) in [5.41, 5.74) is 14.3. The molecule has 206 valence electrons. The van der Waals surface area contributed by atoms with Crippen molar-refractivity contribution in [1.82, 2.24) is 0 Å². The molecule has 2 nitrogen and oxygen atoms in total. The smallest absolute Gasteiger partial charge is 0.135 e. The normalized spacial score (nSPS) is 13.7. The van der Waals surface area contributed by atoms with Gasteiger partial charge in [0.1, 0.15) is 22.3 Å². The fourth-order valence-electron chi connectivity index (χ4n) is 7.68. The lowest BCUT2D eigenvalue weighted by atomic mass is 9.73. The van der Waals surface area contributed by atoms with Crippen molar-refractivity contribution >= 4 is 43.9 Å². The van der Waals surface area contributed by atoms with Gasteiger partial charge in [-0.2, -0.15) is 0 Å². The zero-order valence-electron chi connectivity index (χ0n) is 24.3. The van der Waals surface area contributed by atoms with Crippen LogP contribution in [-0.4, -0.2) is 0 Å². The van der Waals surface area contributed by atoms with Crippen molar-refractivity contribution in [3.8, 4) is 33.4 Å². The minimum Gasteiger partial charge on any atom is -0.456 e. The lowest BCUT2D eigenvalue weighted by molar-refractivity contribution is 0.491. The summed E-state index contributed by atoms with van der Waals surface area (Å²) in [5.74, 6) is 0. The van der Waals surface area contributed by atoms with Gasteiger partial charge in [0.15, 0.2) is 0 Å². The topological polar surface area (TPSA) is 26.3 Å². The summed E-state index contributed by atoms with van der Waals surface area (Å²) < 4.78 is 12.2. The van der Waals surface area contributed by atoms with Crippen LogP contribution >= 0.6 is 0 Å². The van der Waals surface area contributed by atoms with Gasteiger partial charge < -0.3 is 8.83 Å². The summed E-state index contributed by atoms with van der Waals surface area (Å²) in [4.78, 5) is 0. The van der Waals surface area contributed by atoms with Crippen LogP contribution in [0.15, 0.2) is 130 Å². The van der Waals surface area contributed by atoms with Crippen molar-refractivity contribution in [2.75, 3.05) is 0 Å². The average molecular weight is 555 g/mol. The second kappa shape index (κ2) is 8.96. The van der Waals surface area contributed by atoms with Crippen LogP contribution in [0.1, 0.15) is 37.8 Å². The van der Waals surface area contributed by atoms with E-state index in [1.807, 2.05) is 24.3 Å². The molecule has 0 aliphatic heterocycles. The summed E-state index contributed by atoms with van der Waals surface area (Å²) in [5, 5.41) is 4.67. The zero-order valence-corrected chi connectivity index (χ0v) is 24.3. The van der Waals surface area contributed by atoms with Crippen molar-refractivity contribution in [2.24, 2.45) is 0 Å². The fourth-order valence-corrected chi connectivity index (χ4v) is 7.68. The molecule has 6 aromatic carbocycles. The Labute approximate surface area is 250 Å². The lowest BCUT2D eigenvalue weighted by Crippen LogP contribution is -2.23. The molecule has 1 aliphatic rings. The first kappa shape index (κ1) is 24.5. The molecule has 0 amide bonds. The van der Waals surface area contributed by atoms with E-state index in [2.05, 4.69) is 111 Å². The van der Waals surface area contributed by atoms with Crippen LogP contribution in [0.25, 0.3) is 77.3 Å².